The Morgan fingerprint density at radius 1 is 0.792 bits per heavy atom. The minimum Gasteiger partial charge on any atom is -0.481 e. The highest BCUT2D eigenvalue weighted by atomic mass is 16.4. The zero-order chi connectivity index (χ0) is 16.9. The average Bonchev–Trinajstić information content (AvgIpc) is 2.63. The number of amides is 1. The van der Waals surface area contributed by atoms with Gasteiger partial charge in [-0.25, -0.2) is 0 Å². The quantitative estimate of drug-likeness (QED) is 0.865. The molecule has 0 radical (unpaired) electrons. The van der Waals surface area contributed by atoms with E-state index < -0.39 is 17.8 Å². The van der Waals surface area contributed by atoms with Gasteiger partial charge < -0.3 is 5.11 Å². The first kappa shape index (κ1) is 16.0. The Labute approximate surface area is 141 Å². The van der Waals surface area contributed by atoms with Gasteiger partial charge in [0.25, 0.3) is 0 Å². The van der Waals surface area contributed by atoms with Crippen molar-refractivity contribution >= 4 is 23.3 Å². The van der Waals surface area contributed by atoms with Gasteiger partial charge in [-0.2, -0.15) is 0 Å². The Morgan fingerprint density at radius 2 is 1.25 bits per heavy atom. The number of rotatable bonds is 4. The third-order valence-corrected chi connectivity index (χ3v) is 4.32. The van der Waals surface area contributed by atoms with Crippen molar-refractivity contribution in [2.45, 2.75) is 12.8 Å². The number of carbonyl (C=O) groups is 2. The van der Waals surface area contributed by atoms with Crippen molar-refractivity contribution in [3.63, 3.8) is 0 Å². The summed E-state index contributed by atoms with van der Waals surface area (Å²) < 4.78 is 0. The van der Waals surface area contributed by atoms with Crippen molar-refractivity contribution in [2.24, 2.45) is 11.8 Å². The highest BCUT2D eigenvalue weighted by molar-refractivity contribution is 6.03. The standard InChI is InChI=1S/C20H19NO3/c22-19(17-13-7-8-14-18(17)20(23)24)21(15-9-3-1-4-10-15)16-11-5-2-6-12-16/h1-12,17-18H,13-14H2,(H,23,24)/t17-,18+/m1/s1. The van der Waals surface area contributed by atoms with Crippen LogP contribution >= 0.6 is 0 Å². The van der Waals surface area contributed by atoms with Gasteiger partial charge in [-0.1, -0.05) is 48.6 Å². The molecule has 1 aliphatic rings. The Kier molecular flexibility index (Phi) is 4.75. The molecule has 0 aromatic heterocycles. The largest absolute Gasteiger partial charge is 0.481 e. The van der Waals surface area contributed by atoms with Crippen LogP contribution in [-0.4, -0.2) is 17.0 Å². The topological polar surface area (TPSA) is 57.6 Å². The van der Waals surface area contributed by atoms with E-state index in [0.717, 1.165) is 11.4 Å². The van der Waals surface area contributed by atoms with Crippen LogP contribution in [0.3, 0.4) is 0 Å². The number of para-hydroxylation sites is 2. The van der Waals surface area contributed by atoms with Crippen LogP contribution in [0.1, 0.15) is 12.8 Å². The first-order chi connectivity index (χ1) is 11.7. The van der Waals surface area contributed by atoms with E-state index in [1.54, 1.807) is 4.90 Å². The molecule has 0 unspecified atom stereocenters. The van der Waals surface area contributed by atoms with Gasteiger partial charge in [0.1, 0.15) is 0 Å². The first-order valence-corrected chi connectivity index (χ1v) is 8.00. The van der Waals surface area contributed by atoms with Crippen molar-refractivity contribution in [1.29, 1.82) is 0 Å². The van der Waals surface area contributed by atoms with Crippen molar-refractivity contribution in [1.82, 2.24) is 0 Å². The molecule has 0 fully saturated rings. The molecule has 0 aliphatic heterocycles. The number of nitrogens with zero attached hydrogens (tertiary/aromatic N) is 1. The molecule has 2 atom stereocenters. The Hall–Kier alpha value is -2.88. The third kappa shape index (κ3) is 3.23. The molecule has 1 N–H and O–H groups in total. The summed E-state index contributed by atoms with van der Waals surface area (Å²) in [7, 11) is 0. The van der Waals surface area contributed by atoms with E-state index in [1.807, 2.05) is 72.8 Å². The molecule has 0 spiro atoms. The predicted molar refractivity (Wildman–Crippen MR) is 93.0 cm³/mol. The number of carboxylic acid groups (broad SMARTS) is 1. The third-order valence-electron chi connectivity index (χ3n) is 4.32. The molecular formula is C20H19NO3. The number of carboxylic acids is 1. The van der Waals surface area contributed by atoms with Crippen LogP contribution in [-0.2, 0) is 9.59 Å². The molecule has 0 saturated carbocycles. The zero-order valence-electron chi connectivity index (χ0n) is 13.2. The van der Waals surface area contributed by atoms with E-state index in [2.05, 4.69) is 0 Å². The number of allylic oxidation sites excluding steroid dienone is 2. The monoisotopic (exact) mass is 321 g/mol. The maximum Gasteiger partial charge on any atom is 0.307 e. The van der Waals surface area contributed by atoms with Crippen LogP contribution in [0, 0.1) is 11.8 Å². The second-order valence-electron chi connectivity index (χ2n) is 5.84. The van der Waals surface area contributed by atoms with Gasteiger partial charge in [0.05, 0.1) is 11.8 Å². The lowest BCUT2D eigenvalue weighted by molar-refractivity contribution is -0.146. The normalized spacial score (nSPS) is 19.7. The van der Waals surface area contributed by atoms with Crippen LogP contribution < -0.4 is 4.90 Å². The lowest BCUT2D eigenvalue weighted by atomic mass is 9.82. The van der Waals surface area contributed by atoms with Crippen LogP contribution in [0.25, 0.3) is 0 Å². The molecule has 122 valence electrons. The van der Waals surface area contributed by atoms with Crippen LogP contribution in [0.2, 0.25) is 0 Å². The van der Waals surface area contributed by atoms with Crippen LogP contribution in [0.5, 0.6) is 0 Å². The molecule has 0 saturated heterocycles. The fourth-order valence-corrected chi connectivity index (χ4v) is 3.08. The second kappa shape index (κ2) is 7.13. The van der Waals surface area contributed by atoms with E-state index >= 15 is 0 Å². The smallest absolute Gasteiger partial charge is 0.307 e. The first-order valence-electron chi connectivity index (χ1n) is 8.00. The summed E-state index contributed by atoms with van der Waals surface area (Å²) in [5.74, 6) is -2.34. The van der Waals surface area contributed by atoms with E-state index in [-0.39, 0.29) is 5.91 Å². The Bertz CT molecular complexity index is 700. The molecule has 1 amide bonds. The highest BCUT2D eigenvalue weighted by Gasteiger charge is 2.37. The van der Waals surface area contributed by atoms with Gasteiger partial charge in [-0.15, -0.1) is 0 Å². The van der Waals surface area contributed by atoms with E-state index in [4.69, 9.17) is 0 Å². The minimum atomic E-state index is -0.918. The van der Waals surface area contributed by atoms with Crippen molar-refractivity contribution in [3.05, 3.63) is 72.8 Å². The summed E-state index contributed by atoms with van der Waals surface area (Å²) in [5, 5.41) is 9.48. The lowest BCUT2D eigenvalue weighted by Crippen LogP contribution is -2.39. The minimum absolute atomic E-state index is 0.177. The number of hydrogen-bond acceptors (Lipinski definition) is 2. The number of anilines is 2. The molecule has 0 heterocycles. The van der Waals surface area contributed by atoms with Crippen molar-refractivity contribution < 1.29 is 14.7 Å². The highest BCUT2D eigenvalue weighted by Crippen LogP contribution is 2.33. The summed E-state index contributed by atoms with van der Waals surface area (Å²) >= 11 is 0. The summed E-state index contributed by atoms with van der Waals surface area (Å²) in [6.07, 6.45) is 4.59. The van der Waals surface area contributed by atoms with Gasteiger partial charge in [0.15, 0.2) is 0 Å². The summed E-state index contributed by atoms with van der Waals surface area (Å²) in [5.41, 5.74) is 1.49. The van der Waals surface area contributed by atoms with Crippen molar-refractivity contribution in [3.8, 4) is 0 Å². The second-order valence-corrected chi connectivity index (χ2v) is 5.84. The maximum absolute atomic E-state index is 13.2. The van der Waals surface area contributed by atoms with Gasteiger partial charge in [-0.05, 0) is 37.1 Å². The van der Waals surface area contributed by atoms with Crippen molar-refractivity contribution in [2.75, 3.05) is 4.90 Å². The van der Waals surface area contributed by atoms with Crippen LogP contribution in [0.15, 0.2) is 72.8 Å². The average molecular weight is 321 g/mol. The number of benzene rings is 2. The van der Waals surface area contributed by atoms with E-state index in [1.165, 1.54) is 0 Å². The molecule has 2 aromatic carbocycles. The number of aliphatic carboxylic acids is 1. The molecule has 3 rings (SSSR count). The van der Waals surface area contributed by atoms with Gasteiger partial charge in [0, 0.05) is 11.4 Å². The van der Waals surface area contributed by atoms with Crippen LogP contribution in [0.4, 0.5) is 11.4 Å². The summed E-state index contributed by atoms with van der Waals surface area (Å²) in [6.45, 7) is 0. The predicted octanol–water partition coefficient (Wildman–Crippen LogP) is 4.02. The molecule has 4 nitrogen and oxygen atoms in total. The number of carbonyl (C=O) groups excluding carboxylic acids is 1. The van der Waals surface area contributed by atoms with Gasteiger partial charge in [-0.3, -0.25) is 14.5 Å². The van der Waals surface area contributed by atoms with E-state index in [0.29, 0.717) is 12.8 Å². The molecule has 2 aromatic rings. The zero-order valence-corrected chi connectivity index (χ0v) is 13.2. The molecule has 1 aliphatic carbocycles. The van der Waals surface area contributed by atoms with E-state index in [9.17, 15) is 14.7 Å². The fourth-order valence-electron chi connectivity index (χ4n) is 3.08. The molecule has 0 bridgehead atoms. The molecule has 24 heavy (non-hydrogen) atoms. The Balaban J connectivity index is 2.01. The summed E-state index contributed by atoms with van der Waals surface area (Å²) in [4.78, 5) is 26.4. The maximum atomic E-state index is 13.2. The Morgan fingerprint density at radius 3 is 1.71 bits per heavy atom. The lowest BCUT2D eigenvalue weighted by Gasteiger charge is -2.31. The fraction of sp³-hybridized carbons (Fsp3) is 0.200. The SMILES string of the molecule is O=C(O)[C@H]1CC=CC[C@H]1C(=O)N(c1ccccc1)c1ccccc1. The van der Waals surface area contributed by atoms with Gasteiger partial charge >= 0.3 is 5.97 Å². The number of hydrogen-bond donors (Lipinski definition) is 1. The molecular weight excluding hydrogens is 302 g/mol. The van der Waals surface area contributed by atoms with Gasteiger partial charge in [0.2, 0.25) is 5.91 Å². The summed E-state index contributed by atoms with van der Waals surface area (Å²) in [6, 6.07) is 18.7. The molecule has 4 heteroatoms.